The fourth-order valence-electron chi connectivity index (χ4n) is 2.14. The van der Waals surface area contributed by atoms with E-state index in [-0.39, 0.29) is 18.1 Å². The fourth-order valence-corrected chi connectivity index (χ4v) is 2.14. The molecular weight excluding hydrogens is 240 g/mol. The second kappa shape index (κ2) is 7.07. The normalized spacial score (nSPS) is 12.3. The molecule has 0 radical (unpaired) electrons. The highest BCUT2D eigenvalue weighted by Crippen LogP contribution is 2.17. The van der Waals surface area contributed by atoms with Gasteiger partial charge in [0.2, 0.25) is 0 Å². The number of hydrogen-bond donors (Lipinski definition) is 0. The predicted molar refractivity (Wildman–Crippen MR) is 74.9 cm³/mol. The number of rotatable bonds is 6. The lowest BCUT2D eigenvalue weighted by atomic mass is 9.88. The topological polar surface area (TPSA) is 43.4 Å². The zero-order chi connectivity index (χ0) is 14.4. The van der Waals surface area contributed by atoms with Crippen LogP contribution >= 0.6 is 0 Å². The van der Waals surface area contributed by atoms with Gasteiger partial charge in [-0.2, -0.15) is 0 Å². The van der Waals surface area contributed by atoms with Crippen LogP contribution in [0, 0.1) is 18.8 Å². The first kappa shape index (κ1) is 15.4. The summed E-state index contributed by atoms with van der Waals surface area (Å²) in [5.41, 5.74) is 2.06. The largest absolute Gasteiger partial charge is 0.465 e. The molecule has 0 bridgehead atoms. The van der Waals surface area contributed by atoms with Crippen molar-refractivity contribution in [1.29, 1.82) is 0 Å². The minimum Gasteiger partial charge on any atom is -0.465 e. The quantitative estimate of drug-likeness (QED) is 0.585. The van der Waals surface area contributed by atoms with Gasteiger partial charge in [-0.3, -0.25) is 9.59 Å². The molecule has 104 valence electrons. The van der Waals surface area contributed by atoms with Gasteiger partial charge in [-0.1, -0.05) is 43.7 Å². The molecule has 1 atom stereocenters. The van der Waals surface area contributed by atoms with E-state index in [1.54, 1.807) is 6.92 Å². The van der Waals surface area contributed by atoms with Crippen LogP contribution in [0.15, 0.2) is 24.3 Å². The minimum absolute atomic E-state index is 0.0450. The Labute approximate surface area is 115 Å². The molecule has 1 rings (SSSR count). The lowest BCUT2D eigenvalue weighted by molar-refractivity contribution is -0.153. The van der Waals surface area contributed by atoms with Gasteiger partial charge in [-0.05, 0) is 25.3 Å². The van der Waals surface area contributed by atoms with Crippen molar-refractivity contribution in [2.24, 2.45) is 11.8 Å². The molecule has 1 aromatic rings. The molecule has 0 saturated carbocycles. The van der Waals surface area contributed by atoms with Crippen molar-refractivity contribution in [1.82, 2.24) is 0 Å². The summed E-state index contributed by atoms with van der Waals surface area (Å²) in [7, 11) is 0. The van der Waals surface area contributed by atoms with Crippen molar-refractivity contribution in [2.75, 3.05) is 6.61 Å². The van der Waals surface area contributed by atoms with E-state index >= 15 is 0 Å². The van der Waals surface area contributed by atoms with Crippen LogP contribution in [0.25, 0.3) is 0 Å². The Bertz CT molecular complexity index is 449. The maximum absolute atomic E-state index is 12.3. The average Bonchev–Trinajstić information content (AvgIpc) is 2.28. The summed E-state index contributed by atoms with van der Waals surface area (Å²) in [5, 5.41) is 0. The van der Waals surface area contributed by atoms with E-state index in [4.69, 9.17) is 4.74 Å². The number of ketones is 1. The number of benzene rings is 1. The monoisotopic (exact) mass is 262 g/mol. The molecular formula is C16H22O3. The third-order valence-corrected chi connectivity index (χ3v) is 3.01. The fraction of sp³-hybridized carbons (Fsp3) is 0.500. The van der Waals surface area contributed by atoms with Crippen LogP contribution in [0.4, 0.5) is 0 Å². The summed E-state index contributed by atoms with van der Waals surface area (Å²) < 4.78 is 4.99. The summed E-state index contributed by atoms with van der Waals surface area (Å²) in [4.78, 5) is 24.1. The van der Waals surface area contributed by atoms with Gasteiger partial charge in [0.05, 0.1) is 6.61 Å². The Balaban J connectivity index is 2.80. The van der Waals surface area contributed by atoms with Gasteiger partial charge in [0.15, 0.2) is 5.78 Å². The minimum atomic E-state index is -0.666. The molecule has 1 unspecified atom stereocenters. The molecule has 0 N–H and O–H groups in total. The molecule has 1 aromatic carbocycles. The second-order valence-corrected chi connectivity index (χ2v) is 5.11. The van der Waals surface area contributed by atoms with E-state index in [0.29, 0.717) is 6.61 Å². The molecule has 0 aliphatic carbocycles. The molecule has 0 aliphatic heterocycles. The third kappa shape index (κ3) is 4.51. The van der Waals surface area contributed by atoms with Crippen molar-refractivity contribution in [3.63, 3.8) is 0 Å². The molecule has 0 saturated heterocycles. The van der Waals surface area contributed by atoms with Crippen LogP contribution in [-0.2, 0) is 20.7 Å². The van der Waals surface area contributed by atoms with Crippen LogP contribution < -0.4 is 0 Å². The summed E-state index contributed by atoms with van der Waals surface area (Å²) in [6, 6.07) is 7.79. The molecule has 19 heavy (non-hydrogen) atoms. The SMILES string of the molecule is CCOC(=O)C(C(=O)Cc1cccc(C)c1)C(C)C. The second-order valence-electron chi connectivity index (χ2n) is 5.11. The van der Waals surface area contributed by atoms with E-state index < -0.39 is 11.9 Å². The highest BCUT2D eigenvalue weighted by atomic mass is 16.5. The first-order chi connectivity index (χ1) is 8.95. The Morgan fingerprint density at radius 1 is 1.26 bits per heavy atom. The average molecular weight is 262 g/mol. The van der Waals surface area contributed by atoms with E-state index in [1.165, 1.54) is 0 Å². The zero-order valence-electron chi connectivity index (χ0n) is 12.1. The number of esters is 1. The molecule has 0 heterocycles. The maximum atomic E-state index is 12.3. The lowest BCUT2D eigenvalue weighted by Gasteiger charge is -2.18. The Hall–Kier alpha value is -1.64. The van der Waals surface area contributed by atoms with Gasteiger partial charge in [-0.15, -0.1) is 0 Å². The van der Waals surface area contributed by atoms with Crippen LogP contribution in [0.2, 0.25) is 0 Å². The number of ether oxygens (including phenoxy) is 1. The molecule has 0 aromatic heterocycles. The standard InChI is InChI=1S/C16H22O3/c1-5-19-16(18)15(11(2)3)14(17)10-13-8-6-7-12(4)9-13/h6-9,11,15H,5,10H2,1-4H3. The predicted octanol–water partition coefficient (Wildman–Crippen LogP) is 2.94. The van der Waals surface area contributed by atoms with Gasteiger partial charge >= 0.3 is 5.97 Å². The molecule has 0 aliphatic rings. The Kier molecular flexibility index (Phi) is 5.74. The smallest absolute Gasteiger partial charge is 0.316 e. The number of carbonyl (C=O) groups is 2. The van der Waals surface area contributed by atoms with Crippen LogP contribution in [-0.4, -0.2) is 18.4 Å². The van der Waals surface area contributed by atoms with Crippen molar-refractivity contribution in [2.45, 2.75) is 34.1 Å². The maximum Gasteiger partial charge on any atom is 0.316 e. The summed E-state index contributed by atoms with van der Waals surface area (Å²) in [6.45, 7) is 7.78. The zero-order valence-corrected chi connectivity index (χ0v) is 12.1. The van der Waals surface area contributed by atoms with Crippen molar-refractivity contribution in [3.05, 3.63) is 35.4 Å². The summed E-state index contributed by atoms with van der Waals surface area (Å²) in [6.07, 6.45) is 0.281. The van der Waals surface area contributed by atoms with Crippen molar-refractivity contribution < 1.29 is 14.3 Å². The molecule has 0 fully saturated rings. The Morgan fingerprint density at radius 2 is 1.95 bits per heavy atom. The van der Waals surface area contributed by atoms with Gasteiger partial charge in [0.1, 0.15) is 5.92 Å². The van der Waals surface area contributed by atoms with E-state index in [0.717, 1.165) is 11.1 Å². The van der Waals surface area contributed by atoms with E-state index in [9.17, 15) is 9.59 Å². The number of hydrogen-bond acceptors (Lipinski definition) is 3. The molecule has 3 heteroatoms. The summed E-state index contributed by atoms with van der Waals surface area (Å²) >= 11 is 0. The number of Topliss-reactive ketones (excluding diaryl/α,β-unsaturated/α-hetero) is 1. The van der Waals surface area contributed by atoms with Crippen molar-refractivity contribution >= 4 is 11.8 Å². The number of aryl methyl sites for hydroxylation is 1. The number of carbonyl (C=O) groups excluding carboxylic acids is 2. The highest BCUT2D eigenvalue weighted by Gasteiger charge is 2.30. The molecule has 3 nitrogen and oxygen atoms in total. The summed E-state index contributed by atoms with van der Waals surface area (Å²) in [5.74, 6) is -1.19. The van der Waals surface area contributed by atoms with Crippen molar-refractivity contribution in [3.8, 4) is 0 Å². The van der Waals surface area contributed by atoms with E-state index in [1.807, 2.05) is 45.0 Å². The van der Waals surface area contributed by atoms with Crippen LogP contribution in [0.3, 0.4) is 0 Å². The third-order valence-electron chi connectivity index (χ3n) is 3.01. The van der Waals surface area contributed by atoms with Gasteiger partial charge in [0, 0.05) is 6.42 Å². The highest BCUT2D eigenvalue weighted by molar-refractivity contribution is 6.00. The molecule has 0 amide bonds. The van der Waals surface area contributed by atoms with Crippen LogP contribution in [0.1, 0.15) is 31.9 Å². The lowest BCUT2D eigenvalue weighted by Crippen LogP contribution is -2.31. The molecule has 0 spiro atoms. The first-order valence-electron chi connectivity index (χ1n) is 6.70. The van der Waals surface area contributed by atoms with Gasteiger partial charge in [0.25, 0.3) is 0 Å². The Morgan fingerprint density at radius 3 is 2.47 bits per heavy atom. The van der Waals surface area contributed by atoms with Crippen LogP contribution in [0.5, 0.6) is 0 Å². The first-order valence-corrected chi connectivity index (χ1v) is 6.70. The van der Waals surface area contributed by atoms with E-state index in [2.05, 4.69) is 0 Å². The van der Waals surface area contributed by atoms with Gasteiger partial charge in [-0.25, -0.2) is 0 Å². The van der Waals surface area contributed by atoms with Gasteiger partial charge < -0.3 is 4.74 Å².